The molecule has 1 aromatic heterocycles. The molecule has 1 N–H and O–H groups in total. The number of carbonyl (C=O) groups excluding carboxylic acids is 1. The predicted molar refractivity (Wildman–Crippen MR) is 129 cm³/mol. The van der Waals surface area contributed by atoms with Crippen LogP contribution in [0.4, 0.5) is 5.69 Å². The highest BCUT2D eigenvalue weighted by molar-refractivity contribution is 8.18. The van der Waals surface area contributed by atoms with Gasteiger partial charge in [-0.25, -0.2) is 9.79 Å². The highest BCUT2D eigenvalue weighted by atomic mass is 32.2. The highest BCUT2D eigenvalue weighted by Crippen LogP contribution is 2.37. The summed E-state index contributed by atoms with van der Waals surface area (Å²) in [5, 5.41) is 9.63. The maximum atomic E-state index is 13.3. The van der Waals surface area contributed by atoms with E-state index in [1.54, 1.807) is 41.5 Å². The number of thioether (sulfide) groups is 1. The maximum absolute atomic E-state index is 13.3. The van der Waals surface area contributed by atoms with Gasteiger partial charge in [-0.05, 0) is 66.7 Å². The van der Waals surface area contributed by atoms with Crippen molar-refractivity contribution in [2.24, 2.45) is 4.99 Å². The van der Waals surface area contributed by atoms with Crippen molar-refractivity contribution in [3.8, 4) is 11.5 Å². The second-order valence-electron chi connectivity index (χ2n) is 7.32. The molecule has 0 saturated carbocycles. The number of carboxylic acids is 1. The topological polar surface area (TPSA) is 102 Å². The summed E-state index contributed by atoms with van der Waals surface area (Å²) in [5.41, 5.74) is 1.43. The molecule has 174 valence electrons. The minimum atomic E-state index is -1.08. The summed E-state index contributed by atoms with van der Waals surface area (Å²) in [6.45, 7) is 1.69. The van der Waals surface area contributed by atoms with Crippen LogP contribution in [0.25, 0.3) is 6.08 Å². The molecule has 8 nitrogen and oxygen atoms in total. The van der Waals surface area contributed by atoms with Crippen LogP contribution >= 0.6 is 11.8 Å². The fourth-order valence-corrected chi connectivity index (χ4v) is 4.16. The number of para-hydroxylation sites is 1. The van der Waals surface area contributed by atoms with E-state index >= 15 is 0 Å². The Morgan fingerprint density at radius 3 is 2.65 bits per heavy atom. The lowest BCUT2D eigenvalue weighted by Gasteiger charge is -2.14. The third-order valence-electron chi connectivity index (χ3n) is 4.90. The van der Waals surface area contributed by atoms with Crippen molar-refractivity contribution in [3.63, 3.8) is 0 Å². The Balaban J connectivity index is 1.64. The van der Waals surface area contributed by atoms with Crippen molar-refractivity contribution < 1.29 is 28.6 Å². The van der Waals surface area contributed by atoms with Gasteiger partial charge in [0.25, 0.3) is 5.91 Å². The zero-order valence-corrected chi connectivity index (χ0v) is 19.3. The van der Waals surface area contributed by atoms with E-state index < -0.39 is 12.1 Å². The number of nitrogens with zero attached hydrogens (tertiary/aromatic N) is 2. The average Bonchev–Trinajstić information content (AvgIpc) is 3.45. The molecule has 1 aliphatic rings. The zero-order chi connectivity index (χ0) is 24.1. The van der Waals surface area contributed by atoms with Gasteiger partial charge in [-0.15, -0.1) is 0 Å². The van der Waals surface area contributed by atoms with E-state index in [2.05, 4.69) is 4.99 Å². The molecular formula is C25H22N2O6S. The van der Waals surface area contributed by atoms with Crippen molar-refractivity contribution in [2.45, 2.75) is 19.6 Å². The Bertz CT molecular complexity index is 1240. The molecule has 0 aliphatic carbocycles. The molecule has 1 aliphatic heterocycles. The molecule has 3 aromatic rings. The Morgan fingerprint density at radius 2 is 1.97 bits per heavy atom. The lowest BCUT2D eigenvalue weighted by Crippen LogP contribution is -2.28. The summed E-state index contributed by atoms with van der Waals surface area (Å²) < 4.78 is 16.2. The number of aliphatic carboxylic acids is 1. The van der Waals surface area contributed by atoms with E-state index in [0.29, 0.717) is 32.9 Å². The molecule has 4 rings (SSSR count). The third kappa shape index (κ3) is 5.32. The second kappa shape index (κ2) is 10.3. The summed E-state index contributed by atoms with van der Waals surface area (Å²) in [5.74, 6) is 0.0314. The first kappa shape index (κ1) is 23.2. The fraction of sp³-hybridized carbons (Fsp3) is 0.160. The van der Waals surface area contributed by atoms with Crippen LogP contribution in [0, 0.1) is 0 Å². The number of hydrogen-bond acceptors (Lipinski definition) is 7. The number of ether oxygens (including phenoxy) is 2. The summed E-state index contributed by atoms with van der Waals surface area (Å²) in [7, 11) is 1.47. The standard InChI is InChI=1S/C25H22N2O6S/c1-16(24(29)30)33-20-11-10-17(13-21(20)31-2)14-22-23(28)27(15-19-9-6-12-32-19)25(34-22)26-18-7-4-3-5-8-18/h3-14,16H,15H2,1-2H3,(H,29,30)/b22-14+,26-25?/t16-/m1/s1. The fourth-order valence-electron chi connectivity index (χ4n) is 3.17. The lowest BCUT2D eigenvalue weighted by molar-refractivity contribution is -0.144. The van der Waals surface area contributed by atoms with Crippen molar-refractivity contribution in [2.75, 3.05) is 7.11 Å². The molecule has 2 heterocycles. The van der Waals surface area contributed by atoms with E-state index in [0.717, 1.165) is 5.69 Å². The largest absolute Gasteiger partial charge is 0.493 e. The van der Waals surface area contributed by atoms with Crippen LogP contribution in [0.1, 0.15) is 18.2 Å². The van der Waals surface area contributed by atoms with Crippen molar-refractivity contribution >= 4 is 40.6 Å². The predicted octanol–water partition coefficient (Wildman–Crippen LogP) is 4.94. The van der Waals surface area contributed by atoms with Crippen molar-refractivity contribution in [3.05, 3.63) is 83.2 Å². The van der Waals surface area contributed by atoms with Gasteiger partial charge in [0.05, 0.1) is 30.5 Å². The number of aliphatic imine (C=N–C) groups is 1. The van der Waals surface area contributed by atoms with E-state index in [4.69, 9.17) is 19.0 Å². The first-order valence-corrected chi connectivity index (χ1v) is 11.2. The minimum Gasteiger partial charge on any atom is -0.493 e. The second-order valence-corrected chi connectivity index (χ2v) is 8.33. The average molecular weight is 479 g/mol. The smallest absolute Gasteiger partial charge is 0.344 e. The summed E-state index contributed by atoms with van der Waals surface area (Å²) >= 11 is 1.27. The molecule has 1 atom stereocenters. The molecule has 9 heteroatoms. The third-order valence-corrected chi connectivity index (χ3v) is 5.91. The number of carbonyl (C=O) groups is 2. The van der Waals surface area contributed by atoms with Gasteiger partial charge in [0.1, 0.15) is 5.76 Å². The van der Waals surface area contributed by atoms with Crippen LogP contribution in [-0.4, -0.2) is 40.3 Å². The van der Waals surface area contributed by atoms with Crippen LogP contribution in [0.5, 0.6) is 11.5 Å². The molecule has 1 amide bonds. The monoisotopic (exact) mass is 478 g/mol. The maximum Gasteiger partial charge on any atom is 0.344 e. The lowest BCUT2D eigenvalue weighted by atomic mass is 10.1. The van der Waals surface area contributed by atoms with Crippen LogP contribution in [0.15, 0.2) is 81.2 Å². The molecular weight excluding hydrogens is 456 g/mol. The minimum absolute atomic E-state index is 0.199. The number of benzene rings is 2. The Kier molecular flexibility index (Phi) is 7.03. The summed E-state index contributed by atoms with van der Waals surface area (Å²) in [4.78, 5) is 31.1. The number of furan rings is 1. The molecule has 1 fully saturated rings. The van der Waals surface area contributed by atoms with Gasteiger partial charge >= 0.3 is 5.97 Å². The van der Waals surface area contributed by atoms with Crippen LogP contribution in [0.3, 0.4) is 0 Å². The number of carboxylic acid groups (broad SMARTS) is 1. The number of amidine groups is 1. The van der Waals surface area contributed by atoms with E-state index in [9.17, 15) is 9.59 Å². The van der Waals surface area contributed by atoms with E-state index in [1.807, 2.05) is 36.4 Å². The van der Waals surface area contributed by atoms with Gasteiger partial charge in [0, 0.05) is 0 Å². The Hall–Kier alpha value is -3.98. The quantitative estimate of drug-likeness (QED) is 0.457. The molecule has 34 heavy (non-hydrogen) atoms. The van der Waals surface area contributed by atoms with Crippen molar-refractivity contribution in [1.82, 2.24) is 4.90 Å². The normalized spacial score (nSPS) is 16.8. The van der Waals surface area contributed by atoms with Gasteiger partial charge in [-0.3, -0.25) is 9.69 Å². The van der Waals surface area contributed by atoms with Crippen LogP contribution in [0.2, 0.25) is 0 Å². The zero-order valence-electron chi connectivity index (χ0n) is 18.5. The molecule has 0 spiro atoms. The van der Waals surface area contributed by atoms with E-state index in [1.165, 1.54) is 25.8 Å². The van der Waals surface area contributed by atoms with Crippen LogP contribution in [-0.2, 0) is 16.1 Å². The molecule has 2 aromatic carbocycles. The molecule has 1 saturated heterocycles. The van der Waals surface area contributed by atoms with Crippen molar-refractivity contribution in [1.29, 1.82) is 0 Å². The van der Waals surface area contributed by atoms with Gasteiger partial charge in [0.15, 0.2) is 22.8 Å². The van der Waals surface area contributed by atoms with Gasteiger partial charge in [0.2, 0.25) is 0 Å². The Labute approximate surface area is 200 Å². The number of methoxy groups -OCH3 is 1. The number of hydrogen-bond donors (Lipinski definition) is 1. The summed E-state index contributed by atoms with van der Waals surface area (Å²) in [6.07, 6.45) is 2.27. The van der Waals surface area contributed by atoms with Gasteiger partial charge < -0.3 is 19.0 Å². The summed E-state index contributed by atoms with van der Waals surface area (Å²) in [6, 6.07) is 18.0. The van der Waals surface area contributed by atoms with Gasteiger partial charge in [-0.1, -0.05) is 24.3 Å². The first-order chi connectivity index (χ1) is 16.4. The number of amides is 1. The molecule has 0 radical (unpaired) electrons. The molecule has 0 bridgehead atoms. The van der Waals surface area contributed by atoms with Gasteiger partial charge in [-0.2, -0.15) is 0 Å². The number of rotatable bonds is 8. The van der Waals surface area contributed by atoms with E-state index in [-0.39, 0.29) is 12.5 Å². The van der Waals surface area contributed by atoms with Crippen LogP contribution < -0.4 is 9.47 Å². The first-order valence-electron chi connectivity index (χ1n) is 10.4. The highest BCUT2D eigenvalue weighted by Gasteiger charge is 2.34. The SMILES string of the molecule is COc1cc(/C=C2/SC(=Nc3ccccc3)N(Cc3ccco3)C2=O)ccc1O[C@H](C)C(=O)O. The Morgan fingerprint density at radius 1 is 1.18 bits per heavy atom. The molecule has 0 unspecified atom stereocenters.